The highest BCUT2D eigenvalue weighted by atomic mass is 16.5. The molecule has 3 aromatic rings. The third-order valence-electron chi connectivity index (χ3n) is 4.30. The van der Waals surface area contributed by atoms with Gasteiger partial charge in [-0.3, -0.25) is 9.78 Å². The van der Waals surface area contributed by atoms with Gasteiger partial charge in [0.15, 0.2) is 0 Å². The molecule has 0 spiro atoms. The fraction of sp³-hybridized carbons (Fsp3) is 0.190. The van der Waals surface area contributed by atoms with Crippen LogP contribution in [-0.2, 0) is 27.3 Å². The van der Waals surface area contributed by atoms with Crippen LogP contribution in [0.15, 0.2) is 55.0 Å². The Morgan fingerprint density at radius 3 is 2.85 bits per heavy atom. The monoisotopic (exact) mass is 363 g/mol. The van der Waals surface area contributed by atoms with E-state index in [4.69, 9.17) is 4.74 Å². The van der Waals surface area contributed by atoms with E-state index in [2.05, 4.69) is 4.98 Å². The van der Waals surface area contributed by atoms with Crippen molar-refractivity contribution in [3.05, 3.63) is 71.7 Å². The zero-order valence-electron chi connectivity index (χ0n) is 14.9. The second kappa shape index (κ2) is 8.31. The van der Waals surface area contributed by atoms with E-state index in [0.29, 0.717) is 13.0 Å². The number of aromatic nitrogens is 2. The number of aryl methyl sites for hydroxylation is 1. The van der Waals surface area contributed by atoms with E-state index in [-0.39, 0.29) is 12.4 Å². The van der Waals surface area contributed by atoms with Crippen LogP contribution in [0.4, 0.5) is 0 Å². The highest BCUT2D eigenvalue weighted by Crippen LogP contribution is 2.26. The van der Waals surface area contributed by atoms with E-state index in [9.17, 15) is 14.7 Å². The van der Waals surface area contributed by atoms with Crippen LogP contribution in [0.1, 0.15) is 23.1 Å². The van der Waals surface area contributed by atoms with Crippen LogP contribution in [0.5, 0.6) is 0 Å². The first-order chi connectivity index (χ1) is 13.1. The molecule has 6 heteroatoms. The van der Waals surface area contributed by atoms with Crippen LogP contribution in [0.25, 0.3) is 17.0 Å². The van der Waals surface area contributed by atoms with Crippen molar-refractivity contribution < 1.29 is 19.4 Å². The summed E-state index contributed by atoms with van der Waals surface area (Å²) in [6.07, 6.45) is 9.04. The number of hydrogen-bond acceptors (Lipinski definition) is 5. The minimum atomic E-state index is -1.23. The number of rotatable bonds is 7. The normalized spacial score (nSPS) is 11.1. The Morgan fingerprint density at radius 2 is 2.15 bits per heavy atom. The lowest BCUT2D eigenvalue weighted by Gasteiger charge is -2.04. The van der Waals surface area contributed by atoms with E-state index < -0.39 is 5.97 Å². The highest BCUT2D eigenvalue weighted by Gasteiger charge is 2.11. The van der Waals surface area contributed by atoms with Crippen LogP contribution in [-0.4, -0.2) is 28.6 Å². The number of pyridine rings is 1. The number of methoxy groups -OCH3 is 1. The first-order valence-electron chi connectivity index (χ1n) is 8.53. The maximum atomic E-state index is 11.5. The summed E-state index contributed by atoms with van der Waals surface area (Å²) in [4.78, 5) is 26.3. The maximum absolute atomic E-state index is 11.5. The van der Waals surface area contributed by atoms with Gasteiger partial charge in [0.1, 0.15) is 0 Å². The van der Waals surface area contributed by atoms with Crippen molar-refractivity contribution in [2.45, 2.75) is 19.4 Å². The Bertz CT molecular complexity index is 990. The first kappa shape index (κ1) is 18.4. The van der Waals surface area contributed by atoms with Gasteiger partial charge < -0.3 is 19.2 Å². The molecular weight excluding hydrogens is 344 g/mol. The predicted molar refractivity (Wildman–Crippen MR) is 99.7 cm³/mol. The third-order valence-corrected chi connectivity index (χ3v) is 4.30. The number of nitrogens with zero attached hydrogens (tertiary/aromatic N) is 2. The molecule has 0 aliphatic heterocycles. The van der Waals surface area contributed by atoms with Crippen LogP contribution in [0, 0.1) is 0 Å². The lowest BCUT2D eigenvalue weighted by atomic mass is 10.0. The van der Waals surface area contributed by atoms with Crippen LogP contribution in [0.3, 0.4) is 0 Å². The Balaban J connectivity index is 2.00. The molecule has 0 aliphatic carbocycles. The largest absolute Gasteiger partial charge is 0.545 e. The molecule has 2 aromatic heterocycles. The van der Waals surface area contributed by atoms with Crippen molar-refractivity contribution in [3.63, 3.8) is 0 Å². The summed E-state index contributed by atoms with van der Waals surface area (Å²) < 4.78 is 6.75. The molecule has 3 rings (SSSR count). The quantitative estimate of drug-likeness (QED) is 0.473. The van der Waals surface area contributed by atoms with Gasteiger partial charge in [-0.15, -0.1) is 0 Å². The number of hydrogen-bond donors (Lipinski definition) is 0. The fourth-order valence-corrected chi connectivity index (χ4v) is 3.02. The minimum Gasteiger partial charge on any atom is -0.545 e. The van der Waals surface area contributed by atoms with Crippen molar-refractivity contribution >= 4 is 28.9 Å². The van der Waals surface area contributed by atoms with Gasteiger partial charge in [0.2, 0.25) is 0 Å². The number of benzene rings is 1. The van der Waals surface area contributed by atoms with Gasteiger partial charge in [-0.05, 0) is 41.0 Å². The van der Waals surface area contributed by atoms with Crippen LogP contribution in [0.2, 0.25) is 0 Å². The van der Waals surface area contributed by atoms with E-state index in [1.54, 1.807) is 6.20 Å². The van der Waals surface area contributed by atoms with Gasteiger partial charge >= 0.3 is 5.97 Å². The van der Waals surface area contributed by atoms with Gasteiger partial charge in [-0.2, -0.15) is 0 Å². The first-order valence-corrected chi connectivity index (χ1v) is 8.53. The highest BCUT2D eigenvalue weighted by molar-refractivity contribution is 5.89. The molecule has 0 saturated carbocycles. The SMILES string of the molecule is COC(=O)CCn1cc(Cc2cccnc2)c2cc(/C=C/C(=O)[O-])ccc21. The van der Waals surface area contributed by atoms with Crippen molar-refractivity contribution in [1.29, 1.82) is 0 Å². The number of esters is 1. The Morgan fingerprint density at radius 1 is 1.30 bits per heavy atom. The number of ether oxygens (including phenoxy) is 1. The fourth-order valence-electron chi connectivity index (χ4n) is 3.02. The van der Waals surface area contributed by atoms with Crippen LogP contribution >= 0.6 is 0 Å². The topological polar surface area (TPSA) is 84.2 Å². The molecule has 6 nitrogen and oxygen atoms in total. The lowest BCUT2D eigenvalue weighted by Crippen LogP contribution is -2.18. The van der Waals surface area contributed by atoms with Crippen molar-refractivity contribution in [2.24, 2.45) is 0 Å². The molecule has 27 heavy (non-hydrogen) atoms. The standard InChI is InChI=1S/C21H20N2O4/c1-27-21(26)8-10-23-14-17(11-16-3-2-9-22-13-16)18-12-15(4-6-19(18)23)5-7-20(24)25/h2-7,9,12-14H,8,10-11H2,1H3,(H,24,25)/p-1/b7-5+. The molecule has 0 unspecified atom stereocenters. The molecule has 138 valence electrons. The van der Waals surface area contributed by atoms with Crippen molar-refractivity contribution in [3.8, 4) is 0 Å². The van der Waals surface area contributed by atoms with Gasteiger partial charge in [-0.1, -0.05) is 18.2 Å². The summed E-state index contributed by atoms with van der Waals surface area (Å²) in [7, 11) is 1.37. The maximum Gasteiger partial charge on any atom is 0.307 e. The van der Waals surface area contributed by atoms with Crippen LogP contribution < -0.4 is 5.11 Å². The summed E-state index contributed by atoms with van der Waals surface area (Å²) >= 11 is 0. The summed E-state index contributed by atoms with van der Waals surface area (Å²) in [6.45, 7) is 0.504. The molecule has 0 N–H and O–H groups in total. The summed E-state index contributed by atoms with van der Waals surface area (Å²) in [5.74, 6) is -1.50. The molecule has 0 saturated heterocycles. The number of fused-ring (bicyclic) bond motifs is 1. The number of carboxylic acid groups (broad SMARTS) is 1. The molecule has 0 amide bonds. The van der Waals surface area contributed by atoms with Crippen molar-refractivity contribution in [2.75, 3.05) is 7.11 Å². The smallest absolute Gasteiger partial charge is 0.307 e. The van der Waals surface area contributed by atoms with E-state index in [1.807, 2.05) is 47.3 Å². The summed E-state index contributed by atoms with van der Waals surface area (Å²) in [6, 6.07) is 9.60. The molecule has 0 atom stereocenters. The average Bonchev–Trinajstić information content (AvgIpc) is 3.02. The van der Waals surface area contributed by atoms with E-state index in [0.717, 1.165) is 33.7 Å². The average molecular weight is 363 g/mol. The van der Waals surface area contributed by atoms with Crippen molar-refractivity contribution in [1.82, 2.24) is 9.55 Å². The van der Waals surface area contributed by atoms with Gasteiger partial charge in [0.25, 0.3) is 0 Å². The number of carbonyl (C=O) groups excluding carboxylic acids is 2. The van der Waals surface area contributed by atoms with E-state index in [1.165, 1.54) is 13.2 Å². The molecule has 0 radical (unpaired) electrons. The van der Waals surface area contributed by atoms with Gasteiger partial charge in [-0.25, -0.2) is 0 Å². The second-order valence-electron chi connectivity index (χ2n) is 6.14. The number of aliphatic carboxylic acids is 1. The van der Waals surface area contributed by atoms with Gasteiger partial charge in [0, 0.05) is 42.5 Å². The number of carboxylic acids is 1. The zero-order valence-corrected chi connectivity index (χ0v) is 14.9. The van der Waals surface area contributed by atoms with E-state index >= 15 is 0 Å². The third kappa shape index (κ3) is 4.61. The molecule has 1 aromatic carbocycles. The minimum absolute atomic E-state index is 0.265. The predicted octanol–water partition coefficient (Wildman–Crippen LogP) is 1.95. The molecule has 2 heterocycles. The molecule has 0 aliphatic rings. The van der Waals surface area contributed by atoms with Gasteiger partial charge in [0.05, 0.1) is 19.5 Å². The molecule has 0 fully saturated rings. The molecular formula is C21H19N2O4-. The Labute approximate surface area is 156 Å². The second-order valence-corrected chi connectivity index (χ2v) is 6.14. The summed E-state index contributed by atoms with van der Waals surface area (Å²) in [5, 5.41) is 11.7. The number of carbonyl (C=O) groups is 2. The zero-order chi connectivity index (χ0) is 19.2. The Kier molecular flexibility index (Phi) is 5.66. The molecule has 0 bridgehead atoms. The summed E-state index contributed by atoms with van der Waals surface area (Å²) in [5.41, 5.74) is 3.89. The lowest BCUT2D eigenvalue weighted by molar-refractivity contribution is -0.297. The Hall–Kier alpha value is -3.41.